The molecular formula is C13H15ClN2O. The minimum Gasteiger partial charge on any atom is -0.467 e. The molecule has 1 N–H and O–H groups in total. The molecule has 1 aromatic carbocycles. The van der Waals surface area contributed by atoms with Gasteiger partial charge in [-0.05, 0) is 25.5 Å². The highest BCUT2D eigenvalue weighted by molar-refractivity contribution is 5.92. The van der Waals surface area contributed by atoms with Gasteiger partial charge in [-0.2, -0.15) is 0 Å². The van der Waals surface area contributed by atoms with Crippen LogP contribution in [0.5, 0.6) is 5.75 Å². The summed E-state index contributed by atoms with van der Waals surface area (Å²) >= 11 is 0. The first-order valence-corrected chi connectivity index (χ1v) is 5.81. The summed E-state index contributed by atoms with van der Waals surface area (Å²) in [6, 6.07) is 6.95. The number of aryl methyl sites for hydroxylation is 1. The third-order valence-electron chi connectivity index (χ3n) is 3.74. The van der Waals surface area contributed by atoms with Crippen LogP contribution < -0.4 is 10.1 Å². The van der Waals surface area contributed by atoms with Gasteiger partial charge >= 0.3 is 0 Å². The summed E-state index contributed by atoms with van der Waals surface area (Å²) in [4.78, 5) is 0. The van der Waals surface area contributed by atoms with E-state index in [1.807, 2.05) is 0 Å². The normalized spacial score (nSPS) is 24.6. The number of aromatic nitrogens is 1. The first-order chi connectivity index (χ1) is 7.77. The molecule has 1 unspecified atom stereocenters. The number of halogens is 1. The van der Waals surface area contributed by atoms with E-state index in [1.165, 1.54) is 22.2 Å². The molecule has 0 fully saturated rings. The highest BCUT2D eigenvalue weighted by Gasteiger charge is 2.40. The Labute approximate surface area is 106 Å². The Bertz CT molecular complexity index is 605. The van der Waals surface area contributed by atoms with Crippen molar-refractivity contribution in [3.05, 3.63) is 29.5 Å². The summed E-state index contributed by atoms with van der Waals surface area (Å²) in [5.41, 5.74) is 4.02. The first kappa shape index (κ1) is 10.9. The minimum atomic E-state index is 0. The van der Waals surface area contributed by atoms with Crippen LogP contribution in [0, 0.1) is 6.92 Å². The zero-order valence-corrected chi connectivity index (χ0v) is 10.7. The fraction of sp³-hybridized carbons (Fsp3) is 0.385. The van der Waals surface area contributed by atoms with Crippen molar-refractivity contribution in [2.75, 3.05) is 6.54 Å². The molecule has 2 aromatic rings. The fourth-order valence-corrected chi connectivity index (χ4v) is 2.98. The number of rotatable bonds is 0. The second-order valence-corrected chi connectivity index (χ2v) is 4.81. The molecule has 0 saturated carbocycles. The molecule has 3 heterocycles. The smallest absolute Gasteiger partial charge is 0.195 e. The van der Waals surface area contributed by atoms with Crippen LogP contribution in [-0.2, 0) is 0 Å². The fourth-order valence-electron chi connectivity index (χ4n) is 2.98. The highest BCUT2D eigenvalue weighted by atomic mass is 35.5. The Morgan fingerprint density at radius 3 is 3.06 bits per heavy atom. The van der Waals surface area contributed by atoms with Gasteiger partial charge in [-0.15, -0.1) is 12.4 Å². The monoisotopic (exact) mass is 250 g/mol. The summed E-state index contributed by atoms with van der Waals surface area (Å²) in [7, 11) is 0. The molecular weight excluding hydrogens is 236 g/mol. The maximum Gasteiger partial charge on any atom is 0.195 e. The topological polar surface area (TPSA) is 26.2 Å². The van der Waals surface area contributed by atoms with E-state index in [-0.39, 0.29) is 18.6 Å². The van der Waals surface area contributed by atoms with Crippen molar-refractivity contribution in [1.29, 1.82) is 0 Å². The zero-order valence-electron chi connectivity index (χ0n) is 9.86. The maximum absolute atomic E-state index is 5.79. The van der Waals surface area contributed by atoms with Crippen molar-refractivity contribution in [2.24, 2.45) is 0 Å². The van der Waals surface area contributed by atoms with E-state index in [4.69, 9.17) is 4.74 Å². The number of nitrogens with zero attached hydrogens (tertiary/aromatic N) is 1. The van der Waals surface area contributed by atoms with Gasteiger partial charge in [-0.1, -0.05) is 12.1 Å². The Kier molecular flexibility index (Phi) is 2.19. The number of ether oxygens (including phenoxy) is 1. The molecule has 0 amide bonds. The van der Waals surface area contributed by atoms with E-state index >= 15 is 0 Å². The Morgan fingerprint density at radius 1 is 1.41 bits per heavy atom. The van der Waals surface area contributed by atoms with E-state index < -0.39 is 0 Å². The van der Waals surface area contributed by atoms with E-state index in [1.54, 1.807) is 0 Å². The van der Waals surface area contributed by atoms with Crippen LogP contribution in [0.3, 0.4) is 0 Å². The third-order valence-corrected chi connectivity index (χ3v) is 3.74. The lowest BCUT2D eigenvalue weighted by molar-refractivity contribution is 0.0794. The van der Waals surface area contributed by atoms with Gasteiger partial charge in [0, 0.05) is 18.0 Å². The van der Waals surface area contributed by atoms with Crippen LogP contribution in [0.2, 0.25) is 0 Å². The van der Waals surface area contributed by atoms with Crippen molar-refractivity contribution in [3.63, 3.8) is 0 Å². The molecule has 90 valence electrons. The van der Waals surface area contributed by atoms with E-state index in [2.05, 4.69) is 41.9 Å². The van der Waals surface area contributed by atoms with Gasteiger partial charge in [0.1, 0.15) is 5.69 Å². The number of benzene rings is 1. The van der Waals surface area contributed by atoms with Crippen LogP contribution >= 0.6 is 12.4 Å². The van der Waals surface area contributed by atoms with Crippen LogP contribution in [0.15, 0.2) is 18.2 Å². The molecule has 0 aliphatic carbocycles. The van der Waals surface area contributed by atoms with Crippen LogP contribution in [0.25, 0.3) is 10.9 Å². The number of hydrogen-bond donors (Lipinski definition) is 1. The van der Waals surface area contributed by atoms with Crippen LogP contribution in [0.4, 0.5) is 0 Å². The molecule has 0 bridgehead atoms. The predicted octanol–water partition coefficient (Wildman–Crippen LogP) is 2.93. The molecule has 0 spiro atoms. The van der Waals surface area contributed by atoms with Gasteiger partial charge in [-0.25, -0.2) is 0 Å². The average Bonchev–Trinajstić information content (AvgIpc) is 2.52. The SMILES string of the molecule is Cc1cccc2c3c4n(c12)C(C)CN[C@@H]4O3.Cl. The Balaban J connectivity index is 0.000000902. The van der Waals surface area contributed by atoms with Gasteiger partial charge in [0.05, 0.1) is 5.52 Å². The molecule has 0 saturated heterocycles. The van der Waals surface area contributed by atoms with Gasteiger partial charge in [-0.3, -0.25) is 5.32 Å². The number of hydrogen-bond acceptors (Lipinski definition) is 2. The van der Waals surface area contributed by atoms with E-state index in [0.717, 1.165) is 12.3 Å². The number of nitrogens with one attached hydrogen (secondary N) is 1. The summed E-state index contributed by atoms with van der Waals surface area (Å²) < 4.78 is 8.24. The van der Waals surface area contributed by atoms with E-state index in [9.17, 15) is 0 Å². The largest absolute Gasteiger partial charge is 0.467 e. The van der Waals surface area contributed by atoms with Crippen molar-refractivity contribution in [1.82, 2.24) is 9.88 Å². The molecule has 3 nitrogen and oxygen atoms in total. The summed E-state index contributed by atoms with van der Waals surface area (Å²) in [6.07, 6.45) is 0.123. The first-order valence-electron chi connectivity index (χ1n) is 5.81. The predicted molar refractivity (Wildman–Crippen MR) is 70.0 cm³/mol. The summed E-state index contributed by atoms with van der Waals surface area (Å²) in [5.74, 6) is 1.09. The third kappa shape index (κ3) is 1.16. The quantitative estimate of drug-likeness (QED) is 0.778. The molecule has 0 radical (unpaired) electrons. The second kappa shape index (κ2) is 3.40. The molecule has 2 atom stereocenters. The number of para-hydroxylation sites is 1. The standard InChI is InChI=1S/C13H14N2O.ClH/c1-7-4-3-5-9-10(7)15-8(2)6-14-13-11(15)12(9)16-13;/h3-5,8,13-14H,6H2,1-2H3;1H/t8?,13-;/m1./s1. The highest BCUT2D eigenvalue weighted by Crippen LogP contribution is 2.49. The lowest BCUT2D eigenvalue weighted by atomic mass is 10.1. The van der Waals surface area contributed by atoms with Crippen molar-refractivity contribution < 1.29 is 4.74 Å². The van der Waals surface area contributed by atoms with E-state index in [0.29, 0.717) is 6.04 Å². The van der Waals surface area contributed by atoms with Gasteiger partial charge in [0.2, 0.25) is 0 Å². The maximum atomic E-state index is 5.79. The molecule has 4 heteroatoms. The molecule has 17 heavy (non-hydrogen) atoms. The van der Waals surface area contributed by atoms with Gasteiger partial charge in [0.15, 0.2) is 12.0 Å². The van der Waals surface area contributed by atoms with Crippen molar-refractivity contribution >= 4 is 23.3 Å². The Hall–Kier alpha value is -1.19. The lowest BCUT2D eigenvalue weighted by Crippen LogP contribution is -2.43. The molecule has 4 rings (SSSR count). The van der Waals surface area contributed by atoms with Crippen LogP contribution in [-0.4, -0.2) is 11.1 Å². The van der Waals surface area contributed by atoms with Crippen molar-refractivity contribution in [2.45, 2.75) is 26.1 Å². The minimum absolute atomic E-state index is 0. The van der Waals surface area contributed by atoms with Crippen LogP contribution in [0.1, 0.15) is 30.5 Å². The summed E-state index contributed by atoms with van der Waals surface area (Å²) in [5, 5.41) is 4.67. The Morgan fingerprint density at radius 2 is 2.24 bits per heavy atom. The average molecular weight is 251 g/mol. The van der Waals surface area contributed by atoms with Gasteiger partial charge < -0.3 is 9.30 Å². The molecule has 1 aromatic heterocycles. The number of fused-ring (bicyclic) bond motifs is 3. The van der Waals surface area contributed by atoms with Crippen molar-refractivity contribution in [3.8, 4) is 5.75 Å². The summed E-state index contributed by atoms with van der Waals surface area (Å²) in [6.45, 7) is 5.41. The van der Waals surface area contributed by atoms with Gasteiger partial charge in [0.25, 0.3) is 0 Å². The lowest BCUT2D eigenvalue weighted by Gasteiger charge is -2.37. The molecule has 2 aliphatic rings. The zero-order chi connectivity index (χ0) is 10.9. The molecule has 2 aliphatic heterocycles. The second-order valence-electron chi connectivity index (χ2n) is 4.81.